The van der Waals surface area contributed by atoms with E-state index in [0.717, 1.165) is 77.0 Å². The Morgan fingerprint density at radius 1 is 0.492 bits per heavy atom. The van der Waals surface area contributed by atoms with Crippen molar-refractivity contribution < 1.29 is 23.9 Å². The van der Waals surface area contributed by atoms with Crippen molar-refractivity contribution in [3.05, 3.63) is 42.5 Å². The largest absolute Gasteiger partial charge is 0.462 e. The fraction of sp³-hybridized carbons (Fsp3) is 0.825. The van der Waals surface area contributed by atoms with E-state index >= 15 is 0 Å². The van der Waals surface area contributed by atoms with Gasteiger partial charge >= 0.3 is 11.9 Å². The van der Waals surface area contributed by atoms with Gasteiger partial charge in [0.25, 0.3) is 5.91 Å². The lowest BCUT2D eigenvalue weighted by Gasteiger charge is -2.23. The predicted octanol–water partition coefficient (Wildman–Crippen LogP) is 17.1. The average Bonchev–Trinajstić information content (AvgIpc) is 3.86. The summed E-state index contributed by atoms with van der Waals surface area (Å²) in [6.45, 7) is 8.99. The highest BCUT2D eigenvalue weighted by Crippen LogP contribution is 2.20. The third-order valence-corrected chi connectivity index (χ3v) is 12.9. The van der Waals surface area contributed by atoms with Crippen LogP contribution in [0.5, 0.6) is 0 Å². The van der Waals surface area contributed by atoms with Crippen LogP contribution in [-0.2, 0) is 19.1 Å². The van der Waals surface area contributed by atoms with Crippen molar-refractivity contribution in [1.82, 2.24) is 15.3 Å². The molecule has 0 saturated heterocycles. The first-order valence-electron chi connectivity index (χ1n) is 27.9. The fourth-order valence-electron chi connectivity index (χ4n) is 8.63. The Morgan fingerprint density at radius 3 is 1.29 bits per heavy atom. The summed E-state index contributed by atoms with van der Waals surface area (Å²) in [7, 11) is 0. The molecule has 0 radical (unpaired) electrons. The summed E-state index contributed by atoms with van der Waals surface area (Å²) in [5.41, 5.74) is 0.261. The number of imidazole rings is 1. The van der Waals surface area contributed by atoms with Crippen LogP contribution >= 0.6 is 0 Å². The highest BCUT2D eigenvalue weighted by Gasteiger charge is 2.28. The van der Waals surface area contributed by atoms with Gasteiger partial charge in [-0.05, 0) is 83.5 Å². The molecule has 1 amide bonds. The normalized spacial score (nSPS) is 13.1. The number of allylic oxidation sites excluding steroid dienone is 4. The van der Waals surface area contributed by atoms with E-state index in [9.17, 15) is 14.4 Å². The van der Waals surface area contributed by atoms with Crippen LogP contribution in [0.1, 0.15) is 295 Å². The molecule has 2 unspecified atom stereocenters. The van der Waals surface area contributed by atoms with Gasteiger partial charge in [-0.15, -0.1) is 0 Å². The van der Waals surface area contributed by atoms with Gasteiger partial charge in [0.2, 0.25) is 0 Å². The van der Waals surface area contributed by atoms with Crippen molar-refractivity contribution in [3.8, 4) is 0 Å². The molecule has 8 nitrogen and oxygen atoms in total. The van der Waals surface area contributed by atoms with Crippen LogP contribution < -0.4 is 5.32 Å². The van der Waals surface area contributed by atoms with E-state index in [-0.39, 0.29) is 36.7 Å². The van der Waals surface area contributed by atoms with Gasteiger partial charge in [0.05, 0.1) is 12.5 Å². The highest BCUT2D eigenvalue weighted by molar-refractivity contribution is 5.95. The maximum absolute atomic E-state index is 14.0. The third-order valence-electron chi connectivity index (χ3n) is 12.9. The maximum atomic E-state index is 14.0. The number of rotatable bonds is 48. The quantitative estimate of drug-likeness (QED) is 0.0383. The van der Waals surface area contributed by atoms with Crippen LogP contribution in [-0.4, -0.2) is 46.1 Å². The van der Waals surface area contributed by atoms with E-state index in [1.165, 1.54) is 179 Å². The van der Waals surface area contributed by atoms with Gasteiger partial charge in [-0.1, -0.05) is 219 Å². The van der Waals surface area contributed by atoms with Gasteiger partial charge < -0.3 is 19.8 Å². The number of ether oxygens (including phenoxy) is 2. The lowest BCUT2D eigenvalue weighted by molar-refractivity contribution is -0.153. The van der Waals surface area contributed by atoms with Gasteiger partial charge in [0.15, 0.2) is 0 Å². The molecule has 0 aliphatic carbocycles. The van der Waals surface area contributed by atoms with E-state index in [0.29, 0.717) is 0 Å². The van der Waals surface area contributed by atoms with Crippen molar-refractivity contribution in [1.29, 1.82) is 0 Å². The van der Waals surface area contributed by atoms with Crippen molar-refractivity contribution >= 4 is 17.8 Å². The fourth-order valence-corrected chi connectivity index (χ4v) is 8.63. The number of aromatic amines is 1. The number of esters is 2. The van der Waals surface area contributed by atoms with Crippen molar-refractivity contribution in [2.75, 3.05) is 0 Å². The number of amides is 1. The summed E-state index contributed by atoms with van der Waals surface area (Å²) in [6, 6.07) is -0.978. The Balaban J connectivity index is 2.85. The highest BCUT2D eigenvalue weighted by atomic mass is 16.5. The molecule has 0 aliphatic heterocycles. The Labute approximate surface area is 400 Å². The van der Waals surface area contributed by atoms with E-state index in [2.05, 4.69) is 67.3 Å². The Hall–Kier alpha value is -2.90. The molecule has 2 N–H and O–H groups in total. The molecule has 1 aromatic rings. The number of nitrogens with zero attached hydrogens (tertiary/aromatic N) is 1. The van der Waals surface area contributed by atoms with E-state index in [1.54, 1.807) is 0 Å². The van der Waals surface area contributed by atoms with Crippen LogP contribution in [0, 0.1) is 0 Å². The molecular formula is C57H103N3O5. The second-order valence-corrected chi connectivity index (χ2v) is 19.1. The lowest BCUT2D eigenvalue weighted by Crippen LogP contribution is -2.43. The molecule has 0 bridgehead atoms. The van der Waals surface area contributed by atoms with Crippen molar-refractivity contribution in [3.63, 3.8) is 0 Å². The van der Waals surface area contributed by atoms with Crippen LogP contribution in [0.4, 0.5) is 0 Å². The summed E-state index contributed by atoms with van der Waals surface area (Å²) in [6.07, 6.45) is 56.8. The van der Waals surface area contributed by atoms with Gasteiger partial charge in [0, 0.05) is 6.42 Å². The monoisotopic (exact) mass is 910 g/mol. The first kappa shape index (κ1) is 60.1. The lowest BCUT2D eigenvalue weighted by atomic mass is 10.0. The van der Waals surface area contributed by atoms with E-state index in [1.807, 2.05) is 0 Å². The molecule has 376 valence electrons. The molecule has 0 spiro atoms. The minimum absolute atomic E-state index is 0.0225. The number of H-pyrrole nitrogens is 1. The zero-order valence-electron chi connectivity index (χ0n) is 43.0. The smallest absolute Gasteiger partial charge is 0.328 e. The number of hydrogen-bond acceptors (Lipinski definition) is 6. The summed E-state index contributed by atoms with van der Waals surface area (Å²) in [5, 5.41) is 2.87. The SMILES string of the molecule is CCCCC/C=C\CCC(CCCCCCCCCCCCCC)OC(=O)CC[C@H](NC(=O)c1cnc[nH]1)C(=O)OC(CC/C=C\CCCCC)CCCCCCCCCCCCCC. The maximum Gasteiger partial charge on any atom is 0.328 e. The predicted molar refractivity (Wildman–Crippen MR) is 275 cm³/mol. The van der Waals surface area contributed by atoms with Gasteiger partial charge in [-0.3, -0.25) is 9.59 Å². The molecule has 1 aromatic heterocycles. The molecule has 1 rings (SSSR count). The summed E-state index contributed by atoms with van der Waals surface area (Å²) >= 11 is 0. The molecule has 0 fully saturated rings. The van der Waals surface area contributed by atoms with Gasteiger partial charge in [-0.2, -0.15) is 0 Å². The molecule has 0 saturated carbocycles. The minimum Gasteiger partial charge on any atom is -0.462 e. The zero-order chi connectivity index (χ0) is 47.1. The Kier molecular flexibility index (Phi) is 42.7. The summed E-state index contributed by atoms with van der Waals surface area (Å²) in [4.78, 5) is 47.6. The van der Waals surface area contributed by atoms with Gasteiger partial charge in [-0.25, -0.2) is 9.78 Å². The average molecular weight is 910 g/mol. The van der Waals surface area contributed by atoms with Gasteiger partial charge in [0.1, 0.15) is 23.9 Å². The van der Waals surface area contributed by atoms with Crippen LogP contribution in [0.3, 0.4) is 0 Å². The summed E-state index contributed by atoms with van der Waals surface area (Å²) < 4.78 is 12.4. The van der Waals surface area contributed by atoms with Crippen LogP contribution in [0.25, 0.3) is 0 Å². The number of aromatic nitrogens is 2. The summed E-state index contributed by atoms with van der Waals surface area (Å²) in [5.74, 6) is -1.25. The number of hydrogen-bond donors (Lipinski definition) is 2. The standard InChI is InChI=1S/C57H103N3O5/c1-5-9-13-17-21-23-25-27-29-33-37-40-44-51(43-39-35-31-19-15-11-7-3)64-55(61)48-47-53(60-56(62)54-49-58-50-59-54)57(63)65-52(45-41-36-32-20-16-12-8-4)46-42-38-34-30-28-26-24-22-18-14-10-6-2/h31-32,35-36,49-53H,5-30,33-34,37-48H2,1-4H3,(H,58,59)(H,60,62)/b35-31-,36-32-/t51?,52?,53-/m0/s1. The van der Waals surface area contributed by atoms with E-state index < -0.39 is 17.9 Å². The van der Waals surface area contributed by atoms with Crippen LogP contribution in [0.2, 0.25) is 0 Å². The third kappa shape index (κ3) is 37.8. The molecule has 1 heterocycles. The first-order valence-corrected chi connectivity index (χ1v) is 27.9. The number of nitrogens with one attached hydrogen (secondary N) is 2. The molecule has 8 heteroatoms. The zero-order valence-corrected chi connectivity index (χ0v) is 43.0. The minimum atomic E-state index is -0.978. The Bertz CT molecular complexity index is 1260. The number of carbonyl (C=O) groups excluding carboxylic acids is 3. The van der Waals surface area contributed by atoms with Crippen molar-refractivity contribution in [2.45, 2.75) is 303 Å². The molecule has 0 aliphatic rings. The first-order chi connectivity index (χ1) is 31.9. The molecule has 0 aromatic carbocycles. The van der Waals surface area contributed by atoms with Crippen LogP contribution in [0.15, 0.2) is 36.8 Å². The number of carbonyl (C=O) groups is 3. The van der Waals surface area contributed by atoms with E-state index in [4.69, 9.17) is 9.47 Å². The molecule has 65 heavy (non-hydrogen) atoms. The Morgan fingerprint density at radius 2 is 0.877 bits per heavy atom. The molecule has 3 atom stereocenters. The molecular weight excluding hydrogens is 807 g/mol. The topological polar surface area (TPSA) is 110 Å². The number of unbranched alkanes of at least 4 members (excludes halogenated alkanes) is 28. The van der Waals surface area contributed by atoms with Crippen molar-refractivity contribution in [2.24, 2.45) is 0 Å². The second kappa shape index (κ2) is 46.2. The second-order valence-electron chi connectivity index (χ2n) is 19.1.